The highest BCUT2D eigenvalue weighted by Gasteiger charge is 2.34. The number of ether oxygens (including phenoxy) is 2. The van der Waals surface area contributed by atoms with E-state index in [1.54, 1.807) is 7.11 Å². The molecule has 0 bridgehead atoms. The summed E-state index contributed by atoms with van der Waals surface area (Å²) in [6.07, 6.45) is -0.311. The van der Waals surface area contributed by atoms with Crippen LogP contribution in [0.5, 0.6) is 5.75 Å². The number of anilines is 3. The smallest absolute Gasteiger partial charge is 0.262 e. The number of methoxy groups -OCH3 is 1. The molecule has 6 heteroatoms. The molecule has 158 valence electrons. The van der Waals surface area contributed by atoms with Crippen LogP contribution in [0.3, 0.4) is 0 Å². The van der Waals surface area contributed by atoms with E-state index in [2.05, 4.69) is 34.5 Å². The first-order chi connectivity index (χ1) is 15.2. The van der Waals surface area contributed by atoms with E-state index in [1.165, 1.54) is 5.69 Å². The van der Waals surface area contributed by atoms with Crippen molar-refractivity contribution in [1.82, 2.24) is 0 Å². The van der Waals surface area contributed by atoms with E-state index in [0.717, 1.165) is 49.0 Å². The number of para-hydroxylation sites is 1. The van der Waals surface area contributed by atoms with Crippen LogP contribution >= 0.6 is 0 Å². The highest BCUT2D eigenvalue weighted by Crippen LogP contribution is 2.37. The van der Waals surface area contributed by atoms with Gasteiger partial charge in [0.25, 0.3) is 5.91 Å². The Morgan fingerprint density at radius 1 is 0.903 bits per heavy atom. The largest absolute Gasteiger partial charge is 0.497 e. The van der Waals surface area contributed by atoms with Gasteiger partial charge in [0.2, 0.25) is 0 Å². The van der Waals surface area contributed by atoms with Crippen molar-refractivity contribution >= 4 is 23.0 Å². The molecule has 3 aromatic carbocycles. The summed E-state index contributed by atoms with van der Waals surface area (Å²) in [6.45, 7) is 3.29. The minimum absolute atomic E-state index is 0.0261. The van der Waals surface area contributed by atoms with Crippen LogP contribution in [0.1, 0.15) is 22.1 Å². The fraction of sp³-hybridized carbons (Fsp3) is 0.240. The molecule has 0 aromatic heterocycles. The van der Waals surface area contributed by atoms with E-state index in [1.807, 2.05) is 53.4 Å². The van der Waals surface area contributed by atoms with Crippen molar-refractivity contribution in [3.63, 3.8) is 0 Å². The third-order valence-corrected chi connectivity index (χ3v) is 5.86. The Morgan fingerprint density at radius 3 is 2.29 bits per heavy atom. The van der Waals surface area contributed by atoms with Gasteiger partial charge in [-0.3, -0.25) is 9.69 Å². The van der Waals surface area contributed by atoms with Crippen LogP contribution in [0.2, 0.25) is 0 Å². The summed E-state index contributed by atoms with van der Waals surface area (Å²) < 4.78 is 10.7. The van der Waals surface area contributed by atoms with E-state index in [-0.39, 0.29) is 12.1 Å². The first-order valence-electron chi connectivity index (χ1n) is 10.5. The normalized spacial score (nSPS) is 18.4. The SMILES string of the molecule is COc1ccc(N2C(=O)c3ccccc3N[C@H]2c2ccc(N3CCOCC3)cc2)cc1. The summed E-state index contributed by atoms with van der Waals surface area (Å²) in [6, 6.07) is 23.7. The molecule has 1 fully saturated rings. The molecular formula is C25H25N3O3. The topological polar surface area (TPSA) is 54.0 Å². The van der Waals surface area contributed by atoms with Crippen molar-refractivity contribution < 1.29 is 14.3 Å². The maximum Gasteiger partial charge on any atom is 0.262 e. The number of carbonyl (C=O) groups excluding carboxylic acids is 1. The van der Waals surface area contributed by atoms with Crippen LogP contribution in [-0.2, 0) is 4.74 Å². The van der Waals surface area contributed by atoms with Crippen molar-refractivity contribution in [3.05, 3.63) is 83.9 Å². The predicted octanol–water partition coefficient (Wildman–Crippen LogP) is 4.30. The fourth-order valence-corrected chi connectivity index (χ4v) is 4.18. The Bertz CT molecular complexity index is 1060. The van der Waals surface area contributed by atoms with Crippen LogP contribution in [-0.4, -0.2) is 39.3 Å². The molecule has 2 heterocycles. The van der Waals surface area contributed by atoms with Crippen molar-refractivity contribution in [3.8, 4) is 5.75 Å². The van der Waals surface area contributed by atoms with Gasteiger partial charge in [-0.25, -0.2) is 0 Å². The summed E-state index contributed by atoms with van der Waals surface area (Å²) in [5.41, 5.74) is 4.52. The number of benzene rings is 3. The molecule has 0 unspecified atom stereocenters. The zero-order chi connectivity index (χ0) is 21.2. The van der Waals surface area contributed by atoms with Gasteiger partial charge in [0.15, 0.2) is 0 Å². The Kier molecular flexibility index (Phi) is 5.22. The molecule has 0 aliphatic carbocycles. The number of nitrogens with one attached hydrogen (secondary N) is 1. The van der Waals surface area contributed by atoms with Crippen molar-refractivity contribution in [2.24, 2.45) is 0 Å². The molecule has 1 saturated heterocycles. The monoisotopic (exact) mass is 415 g/mol. The summed E-state index contributed by atoms with van der Waals surface area (Å²) in [7, 11) is 1.64. The molecule has 0 radical (unpaired) electrons. The van der Waals surface area contributed by atoms with Gasteiger partial charge in [0, 0.05) is 30.2 Å². The van der Waals surface area contributed by atoms with Gasteiger partial charge >= 0.3 is 0 Å². The minimum Gasteiger partial charge on any atom is -0.497 e. The third-order valence-electron chi connectivity index (χ3n) is 5.86. The van der Waals surface area contributed by atoms with Crippen LogP contribution in [0.4, 0.5) is 17.1 Å². The fourth-order valence-electron chi connectivity index (χ4n) is 4.18. The highest BCUT2D eigenvalue weighted by molar-refractivity contribution is 6.12. The average molecular weight is 415 g/mol. The van der Waals surface area contributed by atoms with Crippen molar-refractivity contribution in [2.75, 3.05) is 48.5 Å². The molecule has 1 atom stereocenters. The molecule has 5 rings (SSSR count). The van der Waals surface area contributed by atoms with Gasteiger partial charge in [-0.1, -0.05) is 24.3 Å². The zero-order valence-corrected chi connectivity index (χ0v) is 17.5. The van der Waals surface area contributed by atoms with E-state index in [4.69, 9.17) is 9.47 Å². The molecule has 6 nitrogen and oxygen atoms in total. The maximum absolute atomic E-state index is 13.5. The molecule has 31 heavy (non-hydrogen) atoms. The van der Waals surface area contributed by atoms with Gasteiger partial charge < -0.3 is 19.7 Å². The van der Waals surface area contributed by atoms with Crippen LogP contribution < -0.4 is 19.9 Å². The number of nitrogens with zero attached hydrogens (tertiary/aromatic N) is 2. The lowest BCUT2D eigenvalue weighted by molar-refractivity contribution is 0.0975. The summed E-state index contributed by atoms with van der Waals surface area (Å²) in [5.74, 6) is 0.731. The second-order valence-electron chi connectivity index (χ2n) is 7.66. The summed E-state index contributed by atoms with van der Waals surface area (Å²) in [5, 5.41) is 3.56. The lowest BCUT2D eigenvalue weighted by atomic mass is 10.0. The molecular weight excluding hydrogens is 390 g/mol. The second kappa shape index (κ2) is 8.32. The molecule has 2 aliphatic heterocycles. The van der Waals surface area contributed by atoms with Gasteiger partial charge in [0.05, 0.1) is 25.9 Å². The first kappa shape index (κ1) is 19.5. The van der Waals surface area contributed by atoms with Gasteiger partial charge in [-0.05, 0) is 54.1 Å². The molecule has 0 saturated carbocycles. The zero-order valence-electron chi connectivity index (χ0n) is 17.5. The Morgan fingerprint density at radius 2 is 1.58 bits per heavy atom. The van der Waals surface area contributed by atoms with E-state index in [0.29, 0.717) is 5.56 Å². The van der Waals surface area contributed by atoms with Crippen LogP contribution in [0.15, 0.2) is 72.8 Å². The van der Waals surface area contributed by atoms with Crippen molar-refractivity contribution in [2.45, 2.75) is 6.17 Å². The maximum atomic E-state index is 13.5. The molecule has 3 aromatic rings. The minimum atomic E-state index is -0.311. The summed E-state index contributed by atoms with van der Waals surface area (Å²) >= 11 is 0. The number of morpholine rings is 1. The van der Waals surface area contributed by atoms with E-state index < -0.39 is 0 Å². The lowest BCUT2D eigenvalue weighted by Crippen LogP contribution is -2.43. The Labute approximate surface area is 182 Å². The lowest BCUT2D eigenvalue weighted by Gasteiger charge is -2.38. The molecule has 0 spiro atoms. The van der Waals surface area contributed by atoms with Crippen LogP contribution in [0.25, 0.3) is 0 Å². The number of carbonyl (C=O) groups is 1. The van der Waals surface area contributed by atoms with Crippen LogP contribution in [0, 0.1) is 0 Å². The van der Waals surface area contributed by atoms with E-state index >= 15 is 0 Å². The van der Waals surface area contributed by atoms with E-state index in [9.17, 15) is 4.79 Å². The molecule has 1 amide bonds. The van der Waals surface area contributed by atoms with Gasteiger partial charge in [-0.15, -0.1) is 0 Å². The molecule has 1 N–H and O–H groups in total. The van der Waals surface area contributed by atoms with Gasteiger partial charge in [-0.2, -0.15) is 0 Å². The quantitative estimate of drug-likeness (QED) is 0.689. The number of hydrogen-bond donors (Lipinski definition) is 1. The van der Waals surface area contributed by atoms with Gasteiger partial charge in [0.1, 0.15) is 11.9 Å². The molecule has 2 aliphatic rings. The Hall–Kier alpha value is -3.51. The predicted molar refractivity (Wildman–Crippen MR) is 122 cm³/mol. The number of amides is 1. The third kappa shape index (κ3) is 3.70. The number of rotatable bonds is 4. The average Bonchev–Trinajstić information content (AvgIpc) is 2.85. The number of fused-ring (bicyclic) bond motifs is 1. The second-order valence-corrected chi connectivity index (χ2v) is 7.66. The summed E-state index contributed by atoms with van der Waals surface area (Å²) in [4.78, 5) is 17.6. The first-order valence-corrected chi connectivity index (χ1v) is 10.5. The Balaban J connectivity index is 1.51. The van der Waals surface area contributed by atoms with Crippen molar-refractivity contribution in [1.29, 1.82) is 0 Å². The highest BCUT2D eigenvalue weighted by atomic mass is 16.5. The number of hydrogen-bond acceptors (Lipinski definition) is 5. The standard InChI is InChI=1S/C25H25N3O3/c1-30-21-12-10-20(11-13-21)28-24(26-23-5-3-2-4-22(23)25(28)29)18-6-8-19(9-7-18)27-14-16-31-17-15-27/h2-13,24,26H,14-17H2,1H3/t24-/m1/s1.